The molecule has 5 rings (SSSR count). The molecule has 44 heavy (non-hydrogen) atoms. The zero-order chi connectivity index (χ0) is 32.4. The van der Waals surface area contributed by atoms with Crippen LogP contribution >= 0.6 is 0 Å². The van der Waals surface area contributed by atoms with Gasteiger partial charge in [-0.15, -0.1) is 0 Å². The lowest BCUT2D eigenvalue weighted by Gasteiger charge is -2.30. The number of benzene rings is 3. The maximum absolute atomic E-state index is 14.6. The minimum atomic E-state index is -1.28. The smallest absolute Gasteiger partial charge is 0.335 e. The molecule has 0 aliphatic carbocycles. The molecule has 2 atom stereocenters. The molecule has 228 valence electrons. The molecule has 0 radical (unpaired) electrons. The first-order valence-electron chi connectivity index (χ1n) is 14.6. The van der Waals surface area contributed by atoms with Gasteiger partial charge in [-0.2, -0.15) is 0 Å². The van der Waals surface area contributed by atoms with E-state index in [-0.39, 0.29) is 40.3 Å². The van der Waals surface area contributed by atoms with E-state index in [2.05, 4.69) is 46.9 Å². The molecule has 2 heterocycles. The van der Waals surface area contributed by atoms with Gasteiger partial charge in [0.25, 0.3) is 5.91 Å². The normalized spacial score (nSPS) is 20.2. The summed E-state index contributed by atoms with van der Waals surface area (Å²) in [4.78, 5) is 53.6. The highest BCUT2D eigenvalue weighted by atomic mass is 16.4. The second-order valence-corrected chi connectivity index (χ2v) is 14.0. The minimum Gasteiger partial charge on any atom is -0.478 e. The van der Waals surface area contributed by atoms with Crippen LogP contribution in [0.4, 0.5) is 0 Å². The number of aromatic carboxylic acids is 2. The number of hydrogen-bond acceptors (Lipinski definition) is 4. The maximum Gasteiger partial charge on any atom is 0.335 e. The lowest BCUT2D eigenvalue weighted by atomic mass is 9.75. The highest BCUT2D eigenvalue weighted by molar-refractivity contribution is 6.18. The zero-order valence-corrected chi connectivity index (χ0v) is 26.1. The van der Waals surface area contributed by atoms with Crippen LogP contribution in [-0.2, 0) is 27.0 Å². The van der Waals surface area contributed by atoms with Gasteiger partial charge in [-0.25, -0.2) is 9.59 Å². The number of nitrogens with one attached hydrogen (secondary N) is 1. The van der Waals surface area contributed by atoms with E-state index in [9.17, 15) is 29.4 Å². The molecule has 1 fully saturated rings. The number of carbonyl (C=O) groups is 4. The molecule has 3 N–H and O–H groups in total. The zero-order valence-electron chi connectivity index (χ0n) is 26.1. The van der Waals surface area contributed by atoms with Gasteiger partial charge in [0.2, 0.25) is 5.91 Å². The Hall–Kier alpha value is -4.72. The number of rotatable bonds is 6. The third-order valence-electron chi connectivity index (χ3n) is 8.76. The van der Waals surface area contributed by atoms with Gasteiger partial charge in [0.05, 0.1) is 35.0 Å². The number of fused-ring (bicyclic) bond motifs is 1. The molecule has 0 saturated carbocycles. The molecule has 2 amide bonds. The van der Waals surface area contributed by atoms with Crippen LogP contribution in [0.2, 0.25) is 0 Å². The fraction of sp³-hybridized carbons (Fsp3) is 0.333. The molecule has 3 aromatic rings. The van der Waals surface area contributed by atoms with Crippen LogP contribution in [0.25, 0.3) is 5.70 Å². The summed E-state index contributed by atoms with van der Waals surface area (Å²) in [5, 5.41) is 22.4. The van der Waals surface area contributed by atoms with Crippen molar-refractivity contribution in [2.24, 2.45) is 5.41 Å². The van der Waals surface area contributed by atoms with E-state index >= 15 is 0 Å². The third kappa shape index (κ3) is 5.19. The summed E-state index contributed by atoms with van der Waals surface area (Å²) in [6.45, 7) is 14.3. The van der Waals surface area contributed by atoms with Crippen molar-refractivity contribution in [3.63, 3.8) is 0 Å². The van der Waals surface area contributed by atoms with Crippen molar-refractivity contribution >= 4 is 29.5 Å². The van der Waals surface area contributed by atoms with Crippen molar-refractivity contribution in [2.45, 2.75) is 71.9 Å². The van der Waals surface area contributed by atoms with E-state index < -0.39 is 23.4 Å². The summed E-state index contributed by atoms with van der Waals surface area (Å²) in [6, 6.07) is 18.8. The number of carboxylic acids is 2. The number of hydrogen-bond donors (Lipinski definition) is 3. The molecular weight excluding hydrogens is 556 g/mol. The van der Waals surface area contributed by atoms with Gasteiger partial charge >= 0.3 is 11.9 Å². The maximum atomic E-state index is 14.6. The van der Waals surface area contributed by atoms with E-state index in [1.807, 2.05) is 48.5 Å². The Kier molecular flexibility index (Phi) is 7.31. The van der Waals surface area contributed by atoms with Crippen LogP contribution < -0.4 is 5.32 Å². The minimum absolute atomic E-state index is 0.0714. The molecule has 2 aliphatic rings. The first kappa shape index (κ1) is 30.7. The van der Waals surface area contributed by atoms with Gasteiger partial charge in [0.15, 0.2) is 0 Å². The molecular formula is C36H38N2O6. The predicted octanol–water partition coefficient (Wildman–Crippen LogP) is 6.31. The van der Waals surface area contributed by atoms with E-state index in [0.717, 1.165) is 22.8 Å². The van der Waals surface area contributed by atoms with Crippen molar-refractivity contribution in [1.82, 2.24) is 10.2 Å². The Morgan fingerprint density at radius 3 is 1.73 bits per heavy atom. The van der Waals surface area contributed by atoms with Crippen LogP contribution in [0.1, 0.15) is 103 Å². The number of carbonyl (C=O) groups excluding carboxylic acids is 2. The molecule has 0 aromatic heterocycles. The number of nitrogens with zero attached hydrogens (tertiary/aromatic N) is 1. The topological polar surface area (TPSA) is 124 Å². The highest BCUT2D eigenvalue weighted by Crippen LogP contribution is 2.55. The molecule has 0 bridgehead atoms. The summed E-state index contributed by atoms with van der Waals surface area (Å²) in [6.07, 6.45) is 0. The molecule has 8 nitrogen and oxygen atoms in total. The van der Waals surface area contributed by atoms with Gasteiger partial charge in [-0.1, -0.05) is 90.1 Å². The standard InChI is InChI=1S/C36H38N2O6/c1-34(2,3)25-12-8-21(9-13-25)28-27-30(39)37-29(22-10-14-26(15-11-22)35(4,5)6)36(27,7)33(44)38(28)19-20-16-23(31(40)41)18-24(17-20)32(42)43/h8-18,29H,19H2,1-7H3,(H,37,39)(H,40,41)(H,42,43). The van der Waals surface area contributed by atoms with Crippen molar-refractivity contribution in [3.8, 4) is 0 Å². The first-order chi connectivity index (χ1) is 20.4. The molecule has 0 spiro atoms. The largest absolute Gasteiger partial charge is 0.478 e. The molecule has 8 heteroatoms. The Labute approximate surface area is 257 Å². The quantitative estimate of drug-likeness (QED) is 0.307. The highest BCUT2D eigenvalue weighted by Gasteiger charge is 2.61. The van der Waals surface area contributed by atoms with Crippen LogP contribution in [0, 0.1) is 5.41 Å². The molecule has 1 saturated heterocycles. The van der Waals surface area contributed by atoms with Gasteiger partial charge in [0.1, 0.15) is 5.41 Å². The summed E-state index contributed by atoms with van der Waals surface area (Å²) in [5.74, 6) is -3.24. The molecule has 2 unspecified atom stereocenters. The number of amides is 2. The SMILES string of the molecule is CC(C)(C)c1ccc(C2=C3C(=O)NC(c4ccc(C(C)(C)C)cc4)C3(C)C(=O)N2Cc2cc(C(=O)O)cc(C(=O)O)c2)cc1. The van der Waals surface area contributed by atoms with Crippen LogP contribution in [0.3, 0.4) is 0 Å². The van der Waals surface area contributed by atoms with Crippen LogP contribution in [0.15, 0.2) is 72.3 Å². The average molecular weight is 595 g/mol. The Morgan fingerprint density at radius 1 is 0.795 bits per heavy atom. The summed E-state index contributed by atoms with van der Waals surface area (Å²) < 4.78 is 0. The van der Waals surface area contributed by atoms with E-state index in [4.69, 9.17) is 0 Å². The van der Waals surface area contributed by atoms with E-state index in [0.29, 0.717) is 22.4 Å². The van der Waals surface area contributed by atoms with Crippen molar-refractivity contribution in [3.05, 3.63) is 111 Å². The van der Waals surface area contributed by atoms with Gasteiger partial charge in [-0.3, -0.25) is 9.59 Å². The summed E-state index contributed by atoms with van der Waals surface area (Å²) in [7, 11) is 0. The van der Waals surface area contributed by atoms with Gasteiger partial charge in [-0.05, 0) is 63.8 Å². The lowest BCUT2D eigenvalue weighted by molar-refractivity contribution is -0.135. The van der Waals surface area contributed by atoms with Crippen LogP contribution in [0.5, 0.6) is 0 Å². The van der Waals surface area contributed by atoms with Crippen molar-refractivity contribution < 1.29 is 29.4 Å². The second-order valence-electron chi connectivity index (χ2n) is 14.0. The average Bonchev–Trinajstić information content (AvgIpc) is 3.34. The fourth-order valence-electron chi connectivity index (χ4n) is 6.21. The predicted molar refractivity (Wildman–Crippen MR) is 167 cm³/mol. The van der Waals surface area contributed by atoms with E-state index in [1.165, 1.54) is 17.0 Å². The third-order valence-corrected chi connectivity index (χ3v) is 8.76. The second kappa shape index (κ2) is 10.5. The Morgan fingerprint density at radius 2 is 1.27 bits per heavy atom. The summed E-state index contributed by atoms with van der Waals surface area (Å²) in [5.41, 5.74) is 2.91. The monoisotopic (exact) mass is 594 g/mol. The fourth-order valence-corrected chi connectivity index (χ4v) is 6.21. The Balaban J connectivity index is 1.67. The van der Waals surface area contributed by atoms with Gasteiger partial charge < -0.3 is 20.4 Å². The van der Waals surface area contributed by atoms with Crippen LogP contribution in [-0.4, -0.2) is 38.9 Å². The van der Waals surface area contributed by atoms with Crippen molar-refractivity contribution in [2.75, 3.05) is 0 Å². The summed E-state index contributed by atoms with van der Waals surface area (Å²) >= 11 is 0. The van der Waals surface area contributed by atoms with Gasteiger partial charge in [0, 0.05) is 0 Å². The van der Waals surface area contributed by atoms with Crippen molar-refractivity contribution in [1.29, 1.82) is 0 Å². The molecule has 2 aliphatic heterocycles. The molecule has 3 aromatic carbocycles. The Bertz CT molecular complexity index is 1690. The number of carboxylic acid groups (broad SMARTS) is 2. The first-order valence-corrected chi connectivity index (χ1v) is 14.6. The lowest BCUT2D eigenvalue weighted by Crippen LogP contribution is -2.39. The van der Waals surface area contributed by atoms with E-state index in [1.54, 1.807) is 6.92 Å².